The highest BCUT2D eigenvalue weighted by Gasteiger charge is 2.59. The molecule has 2 atom stereocenters. The Morgan fingerprint density at radius 3 is 2.15 bits per heavy atom. The van der Waals surface area contributed by atoms with Crippen molar-refractivity contribution in [3.05, 3.63) is 0 Å². The van der Waals surface area contributed by atoms with Gasteiger partial charge in [-0.1, -0.05) is 12.8 Å². The van der Waals surface area contributed by atoms with Crippen molar-refractivity contribution in [2.75, 3.05) is 6.61 Å². The number of hydrogen-bond donors (Lipinski definition) is 2. The summed E-state index contributed by atoms with van der Waals surface area (Å²) in [6.07, 6.45) is 5.82. The minimum absolute atomic E-state index is 0.0913. The van der Waals surface area contributed by atoms with Crippen LogP contribution >= 0.6 is 0 Å². The average molecular weight is 284 g/mol. The van der Waals surface area contributed by atoms with Crippen LogP contribution in [-0.2, 0) is 14.3 Å². The van der Waals surface area contributed by atoms with Crippen LogP contribution in [0.15, 0.2) is 0 Å². The summed E-state index contributed by atoms with van der Waals surface area (Å²) < 4.78 is 5.04. The largest absolute Gasteiger partial charge is 0.463 e. The summed E-state index contributed by atoms with van der Waals surface area (Å²) >= 11 is 0. The molecule has 2 unspecified atom stereocenters. The fourth-order valence-corrected chi connectivity index (χ4v) is 3.23. The van der Waals surface area contributed by atoms with E-state index in [2.05, 4.69) is 0 Å². The van der Waals surface area contributed by atoms with E-state index in [9.17, 15) is 19.8 Å². The van der Waals surface area contributed by atoms with Crippen molar-refractivity contribution in [1.29, 1.82) is 0 Å². The smallest absolute Gasteiger partial charge is 0.341 e. The summed E-state index contributed by atoms with van der Waals surface area (Å²) in [5.41, 5.74) is -4.07. The van der Waals surface area contributed by atoms with Crippen LogP contribution in [0.2, 0.25) is 0 Å². The normalized spacial score (nSPS) is 37.3. The Labute approximate surface area is 119 Å². The van der Waals surface area contributed by atoms with E-state index in [1.807, 2.05) is 0 Å². The number of Topliss-reactive ketones (excluding diaryl/α,β-unsaturated/α-hetero) is 1. The molecule has 0 amide bonds. The van der Waals surface area contributed by atoms with E-state index < -0.39 is 23.0 Å². The molecule has 0 radical (unpaired) electrons. The van der Waals surface area contributed by atoms with Gasteiger partial charge in [-0.15, -0.1) is 0 Å². The maximum Gasteiger partial charge on any atom is 0.341 e. The minimum Gasteiger partial charge on any atom is -0.463 e. The second-order valence-electron chi connectivity index (χ2n) is 6.00. The minimum atomic E-state index is -2.08. The van der Waals surface area contributed by atoms with E-state index in [0.717, 1.165) is 25.7 Å². The van der Waals surface area contributed by atoms with E-state index in [1.54, 1.807) is 0 Å². The Balaban J connectivity index is 2.30. The first kappa shape index (κ1) is 15.4. The monoisotopic (exact) mass is 284 g/mol. The van der Waals surface area contributed by atoms with E-state index in [-0.39, 0.29) is 25.9 Å². The molecule has 1 aliphatic heterocycles. The van der Waals surface area contributed by atoms with Crippen LogP contribution in [0.4, 0.5) is 0 Å². The first-order valence-electron chi connectivity index (χ1n) is 7.66. The maximum atomic E-state index is 12.3. The fraction of sp³-hybridized carbons (Fsp3) is 0.867. The highest BCUT2D eigenvalue weighted by atomic mass is 16.6. The van der Waals surface area contributed by atoms with Crippen molar-refractivity contribution in [2.45, 2.75) is 75.4 Å². The summed E-state index contributed by atoms with van der Waals surface area (Å²) in [5.74, 6) is -1.26. The van der Waals surface area contributed by atoms with Crippen LogP contribution < -0.4 is 0 Å². The van der Waals surface area contributed by atoms with E-state index in [0.29, 0.717) is 19.3 Å². The summed E-state index contributed by atoms with van der Waals surface area (Å²) in [7, 11) is 0. The summed E-state index contributed by atoms with van der Waals surface area (Å²) in [5, 5.41) is 21.6. The van der Waals surface area contributed by atoms with Crippen molar-refractivity contribution >= 4 is 11.8 Å². The van der Waals surface area contributed by atoms with Gasteiger partial charge in [0.2, 0.25) is 0 Å². The molecule has 1 saturated heterocycles. The molecule has 1 saturated carbocycles. The average Bonchev–Trinajstić information content (AvgIpc) is 2.41. The van der Waals surface area contributed by atoms with Crippen molar-refractivity contribution in [3.8, 4) is 0 Å². The Morgan fingerprint density at radius 2 is 1.40 bits per heavy atom. The molecular formula is C15H24O5. The van der Waals surface area contributed by atoms with Gasteiger partial charge in [-0.2, -0.15) is 0 Å². The molecule has 0 aromatic carbocycles. The highest BCUT2D eigenvalue weighted by molar-refractivity contribution is 5.96. The van der Waals surface area contributed by atoms with Crippen LogP contribution in [0.5, 0.6) is 0 Å². The van der Waals surface area contributed by atoms with Crippen LogP contribution in [0.1, 0.15) is 64.2 Å². The number of carbonyl (C=O) groups is 2. The standard InChI is InChI=1S/C15H24O5/c16-12-8-4-1-2-5-9-14(12,18)15(19)10-6-3-7-11-20-13(15)17/h18-19H,1-11H2. The van der Waals surface area contributed by atoms with Gasteiger partial charge in [0.25, 0.3) is 0 Å². The van der Waals surface area contributed by atoms with Gasteiger partial charge in [0.05, 0.1) is 6.61 Å². The lowest BCUT2D eigenvalue weighted by Crippen LogP contribution is -2.64. The molecule has 0 bridgehead atoms. The molecule has 2 N–H and O–H groups in total. The summed E-state index contributed by atoms with van der Waals surface area (Å²) in [4.78, 5) is 24.5. The zero-order valence-electron chi connectivity index (χ0n) is 11.9. The Morgan fingerprint density at radius 1 is 0.800 bits per heavy atom. The third-order valence-electron chi connectivity index (χ3n) is 4.59. The molecule has 5 heteroatoms. The number of esters is 1. The number of ketones is 1. The van der Waals surface area contributed by atoms with Crippen LogP contribution in [-0.4, -0.2) is 39.8 Å². The van der Waals surface area contributed by atoms with Crippen molar-refractivity contribution < 1.29 is 24.5 Å². The number of ether oxygens (including phenoxy) is 1. The molecule has 2 rings (SSSR count). The van der Waals surface area contributed by atoms with Crippen LogP contribution in [0, 0.1) is 0 Å². The predicted octanol–water partition coefficient (Wildman–Crippen LogP) is 1.49. The molecule has 0 aromatic rings. The molecule has 114 valence electrons. The Kier molecular flexibility index (Phi) is 4.81. The van der Waals surface area contributed by atoms with Crippen LogP contribution in [0.25, 0.3) is 0 Å². The molecule has 5 nitrogen and oxygen atoms in total. The lowest BCUT2D eigenvalue weighted by atomic mass is 9.71. The van der Waals surface area contributed by atoms with Gasteiger partial charge >= 0.3 is 5.97 Å². The van der Waals surface area contributed by atoms with E-state index in [1.165, 1.54) is 0 Å². The number of aliphatic hydroxyl groups is 2. The maximum absolute atomic E-state index is 12.3. The van der Waals surface area contributed by atoms with Crippen LogP contribution in [0.3, 0.4) is 0 Å². The highest BCUT2D eigenvalue weighted by Crippen LogP contribution is 2.38. The lowest BCUT2D eigenvalue weighted by Gasteiger charge is -2.42. The second-order valence-corrected chi connectivity index (χ2v) is 6.00. The van der Waals surface area contributed by atoms with E-state index in [4.69, 9.17) is 4.74 Å². The molecule has 0 spiro atoms. The number of rotatable bonds is 1. The molecule has 2 aliphatic rings. The zero-order chi connectivity index (χ0) is 14.6. The first-order chi connectivity index (χ1) is 9.51. The van der Waals surface area contributed by atoms with E-state index >= 15 is 0 Å². The SMILES string of the molecule is O=C1CCCCCCC1(O)C1(O)CCCCCOC1=O. The van der Waals surface area contributed by atoms with Gasteiger partial charge in [0.1, 0.15) is 0 Å². The fourth-order valence-electron chi connectivity index (χ4n) is 3.23. The molecule has 20 heavy (non-hydrogen) atoms. The second kappa shape index (κ2) is 6.22. The molecule has 2 fully saturated rings. The van der Waals surface area contributed by atoms with Crippen molar-refractivity contribution in [1.82, 2.24) is 0 Å². The van der Waals surface area contributed by atoms with Crippen molar-refractivity contribution in [2.24, 2.45) is 0 Å². The first-order valence-corrected chi connectivity index (χ1v) is 7.66. The van der Waals surface area contributed by atoms with Gasteiger partial charge in [0, 0.05) is 6.42 Å². The third kappa shape index (κ3) is 2.74. The summed E-state index contributed by atoms with van der Waals surface area (Å²) in [6.45, 7) is 0.241. The Hall–Kier alpha value is -0.940. The zero-order valence-corrected chi connectivity index (χ0v) is 11.9. The molecule has 1 heterocycles. The molecular weight excluding hydrogens is 260 g/mol. The van der Waals surface area contributed by atoms with Gasteiger partial charge in [-0.3, -0.25) is 4.79 Å². The third-order valence-corrected chi connectivity index (χ3v) is 4.59. The Bertz CT molecular complexity index is 344. The number of hydrogen-bond acceptors (Lipinski definition) is 5. The van der Waals surface area contributed by atoms with Gasteiger partial charge in [-0.25, -0.2) is 4.79 Å². The lowest BCUT2D eigenvalue weighted by molar-refractivity contribution is -0.206. The summed E-state index contributed by atoms with van der Waals surface area (Å²) in [6, 6.07) is 0. The number of carbonyl (C=O) groups excluding carboxylic acids is 2. The van der Waals surface area contributed by atoms with Gasteiger partial charge < -0.3 is 14.9 Å². The topological polar surface area (TPSA) is 83.8 Å². The van der Waals surface area contributed by atoms with Gasteiger partial charge in [-0.05, 0) is 44.9 Å². The molecule has 0 aromatic heterocycles. The van der Waals surface area contributed by atoms with Crippen molar-refractivity contribution in [3.63, 3.8) is 0 Å². The number of cyclic esters (lactones) is 1. The molecule has 1 aliphatic carbocycles. The predicted molar refractivity (Wildman–Crippen MR) is 72.0 cm³/mol. The van der Waals surface area contributed by atoms with Gasteiger partial charge in [0.15, 0.2) is 17.0 Å². The quantitative estimate of drug-likeness (QED) is 0.713.